The first-order valence-electron chi connectivity index (χ1n) is 7.64. The summed E-state index contributed by atoms with van der Waals surface area (Å²) < 4.78 is 0. The van der Waals surface area contributed by atoms with E-state index in [-0.39, 0.29) is 5.91 Å². The molecule has 3 rings (SSSR count). The van der Waals surface area contributed by atoms with Crippen molar-refractivity contribution in [1.29, 1.82) is 0 Å². The zero-order valence-electron chi connectivity index (χ0n) is 13.3. The second-order valence-electron chi connectivity index (χ2n) is 5.42. The van der Waals surface area contributed by atoms with Crippen LogP contribution in [0.25, 0.3) is 0 Å². The molecule has 0 unspecified atom stereocenters. The fourth-order valence-corrected chi connectivity index (χ4v) is 3.33. The van der Waals surface area contributed by atoms with Crippen molar-refractivity contribution in [3.8, 4) is 0 Å². The Bertz CT molecular complexity index is 675. The quantitative estimate of drug-likeness (QED) is 0.921. The summed E-state index contributed by atoms with van der Waals surface area (Å²) in [5.74, 6) is 0.445. The Morgan fingerprint density at radius 3 is 2.87 bits per heavy atom. The van der Waals surface area contributed by atoms with Crippen molar-refractivity contribution in [3.05, 3.63) is 29.0 Å². The molecule has 1 N–H and O–H groups in total. The predicted molar refractivity (Wildman–Crippen MR) is 91.2 cm³/mol. The van der Waals surface area contributed by atoms with Gasteiger partial charge in [0.05, 0.1) is 0 Å². The van der Waals surface area contributed by atoms with E-state index in [1.807, 2.05) is 23.4 Å². The Balaban J connectivity index is 1.72. The van der Waals surface area contributed by atoms with E-state index < -0.39 is 0 Å². The Morgan fingerprint density at radius 2 is 2.13 bits per heavy atom. The number of amides is 1. The van der Waals surface area contributed by atoms with Crippen LogP contribution in [0.5, 0.6) is 0 Å². The van der Waals surface area contributed by atoms with Gasteiger partial charge in [0.1, 0.15) is 5.69 Å². The lowest BCUT2D eigenvalue weighted by atomic mass is 10.3. The van der Waals surface area contributed by atoms with Crippen molar-refractivity contribution in [1.82, 2.24) is 19.9 Å². The third kappa shape index (κ3) is 3.58. The molecule has 8 heteroatoms. The second kappa shape index (κ2) is 6.91. The van der Waals surface area contributed by atoms with Gasteiger partial charge in [-0.3, -0.25) is 4.79 Å². The molecule has 0 aromatic carbocycles. The van der Waals surface area contributed by atoms with Crippen molar-refractivity contribution >= 4 is 28.3 Å². The lowest BCUT2D eigenvalue weighted by Gasteiger charge is -2.21. The minimum absolute atomic E-state index is 0.0343. The molecule has 1 fully saturated rings. The zero-order valence-corrected chi connectivity index (χ0v) is 14.1. The number of aryl methyl sites for hydroxylation is 1. The normalized spacial score (nSPS) is 15.4. The Hall–Kier alpha value is -2.22. The molecule has 0 bridgehead atoms. The number of rotatable bonds is 3. The van der Waals surface area contributed by atoms with Gasteiger partial charge in [0.15, 0.2) is 5.13 Å². The van der Waals surface area contributed by atoms with Gasteiger partial charge in [-0.2, -0.15) is 0 Å². The van der Waals surface area contributed by atoms with Crippen LogP contribution in [0.15, 0.2) is 17.6 Å². The number of hydrogen-bond acceptors (Lipinski definition) is 7. The fourth-order valence-electron chi connectivity index (χ4n) is 2.64. The minimum atomic E-state index is -0.0343. The molecular weight excluding hydrogens is 312 g/mol. The molecule has 1 aliphatic rings. The molecule has 7 nitrogen and oxygen atoms in total. The van der Waals surface area contributed by atoms with Gasteiger partial charge in [-0.15, -0.1) is 11.3 Å². The molecule has 1 saturated heterocycles. The highest BCUT2D eigenvalue weighted by atomic mass is 32.1. The van der Waals surface area contributed by atoms with Gasteiger partial charge >= 0.3 is 0 Å². The smallest absolute Gasteiger partial charge is 0.272 e. The molecule has 2 aromatic heterocycles. The Morgan fingerprint density at radius 1 is 1.26 bits per heavy atom. The number of thiazole rings is 1. The first kappa shape index (κ1) is 15.7. The zero-order chi connectivity index (χ0) is 16.2. The molecule has 0 saturated carbocycles. The molecule has 1 amide bonds. The Labute approximate surface area is 139 Å². The number of aromatic nitrogens is 3. The van der Waals surface area contributed by atoms with Crippen LogP contribution in [0.3, 0.4) is 0 Å². The number of hydrogen-bond donors (Lipinski definition) is 1. The van der Waals surface area contributed by atoms with Gasteiger partial charge in [-0.05, 0) is 19.4 Å². The standard InChI is InChI=1S/C15H20N6OS/c1-11-10-12(19-14(16-2)18-11)13(22)20-5-3-6-21(8-7-20)15-17-4-9-23-15/h4,9-10H,3,5-8H2,1-2H3,(H,16,18,19). The van der Waals surface area contributed by atoms with E-state index in [1.165, 1.54) is 0 Å². The lowest BCUT2D eigenvalue weighted by Crippen LogP contribution is -2.35. The monoisotopic (exact) mass is 332 g/mol. The van der Waals surface area contributed by atoms with Gasteiger partial charge in [0.25, 0.3) is 5.91 Å². The maximum absolute atomic E-state index is 12.7. The van der Waals surface area contributed by atoms with Crippen LogP contribution in [0, 0.1) is 6.92 Å². The molecule has 0 radical (unpaired) electrons. The fraction of sp³-hybridized carbons (Fsp3) is 0.467. The van der Waals surface area contributed by atoms with E-state index in [2.05, 4.69) is 25.2 Å². The van der Waals surface area contributed by atoms with Crippen molar-refractivity contribution in [2.75, 3.05) is 43.4 Å². The summed E-state index contributed by atoms with van der Waals surface area (Å²) in [5, 5.41) is 5.90. The molecular formula is C15H20N6OS. The molecule has 3 heterocycles. The highest BCUT2D eigenvalue weighted by Crippen LogP contribution is 2.19. The first-order chi connectivity index (χ1) is 11.2. The summed E-state index contributed by atoms with van der Waals surface area (Å²) >= 11 is 1.63. The van der Waals surface area contributed by atoms with E-state index in [0.29, 0.717) is 18.2 Å². The van der Waals surface area contributed by atoms with Gasteiger partial charge in [-0.25, -0.2) is 15.0 Å². The van der Waals surface area contributed by atoms with Crippen LogP contribution >= 0.6 is 11.3 Å². The van der Waals surface area contributed by atoms with E-state index in [4.69, 9.17) is 0 Å². The molecule has 2 aromatic rings. The van der Waals surface area contributed by atoms with Crippen LogP contribution in [0.2, 0.25) is 0 Å². The summed E-state index contributed by atoms with van der Waals surface area (Å²) in [4.78, 5) is 29.7. The van der Waals surface area contributed by atoms with Crippen LogP contribution in [0.4, 0.5) is 11.1 Å². The highest BCUT2D eigenvalue weighted by Gasteiger charge is 2.22. The summed E-state index contributed by atoms with van der Waals surface area (Å²) in [5.41, 5.74) is 1.23. The topological polar surface area (TPSA) is 74.2 Å². The van der Waals surface area contributed by atoms with Gasteiger partial charge < -0.3 is 15.1 Å². The summed E-state index contributed by atoms with van der Waals surface area (Å²) in [6.07, 6.45) is 2.74. The predicted octanol–water partition coefficient (Wildman–Crippen LogP) is 1.64. The van der Waals surface area contributed by atoms with Crippen LogP contribution in [0.1, 0.15) is 22.6 Å². The lowest BCUT2D eigenvalue weighted by molar-refractivity contribution is 0.0761. The first-order valence-corrected chi connectivity index (χ1v) is 8.52. The summed E-state index contributed by atoms with van der Waals surface area (Å²) in [6.45, 7) is 4.99. The number of anilines is 2. The average molecular weight is 332 g/mol. The molecule has 0 aliphatic carbocycles. The number of carbonyl (C=O) groups excluding carboxylic acids is 1. The maximum Gasteiger partial charge on any atom is 0.272 e. The van der Waals surface area contributed by atoms with Gasteiger partial charge in [-0.1, -0.05) is 0 Å². The molecule has 0 atom stereocenters. The third-order valence-electron chi connectivity index (χ3n) is 3.77. The minimum Gasteiger partial charge on any atom is -0.357 e. The van der Waals surface area contributed by atoms with Gasteiger partial charge in [0.2, 0.25) is 5.95 Å². The Kier molecular flexibility index (Phi) is 4.71. The van der Waals surface area contributed by atoms with E-state index in [9.17, 15) is 4.79 Å². The molecule has 122 valence electrons. The second-order valence-corrected chi connectivity index (χ2v) is 6.29. The third-order valence-corrected chi connectivity index (χ3v) is 4.60. The van der Waals surface area contributed by atoms with Crippen molar-refractivity contribution in [2.45, 2.75) is 13.3 Å². The van der Waals surface area contributed by atoms with Crippen molar-refractivity contribution in [2.24, 2.45) is 0 Å². The van der Waals surface area contributed by atoms with E-state index in [1.54, 1.807) is 24.5 Å². The number of nitrogens with one attached hydrogen (secondary N) is 1. The number of nitrogens with zero attached hydrogens (tertiary/aromatic N) is 5. The summed E-state index contributed by atoms with van der Waals surface area (Å²) in [6, 6.07) is 1.74. The largest absolute Gasteiger partial charge is 0.357 e. The van der Waals surface area contributed by atoms with Crippen molar-refractivity contribution in [3.63, 3.8) is 0 Å². The maximum atomic E-state index is 12.7. The highest BCUT2D eigenvalue weighted by molar-refractivity contribution is 7.13. The van der Waals surface area contributed by atoms with Crippen molar-refractivity contribution < 1.29 is 4.79 Å². The van der Waals surface area contributed by atoms with E-state index in [0.717, 1.165) is 36.9 Å². The molecule has 23 heavy (non-hydrogen) atoms. The van der Waals surface area contributed by atoms with Crippen LogP contribution < -0.4 is 10.2 Å². The SMILES string of the molecule is CNc1nc(C)cc(C(=O)N2CCCN(c3nccs3)CC2)n1. The van der Waals surface area contributed by atoms with E-state index >= 15 is 0 Å². The van der Waals surface area contributed by atoms with Crippen LogP contribution in [-0.2, 0) is 0 Å². The average Bonchev–Trinajstić information content (AvgIpc) is 2.98. The van der Waals surface area contributed by atoms with Crippen LogP contribution in [-0.4, -0.2) is 59.0 Å². The number of carbonyl (C=O) groups is 1. The molecule has 0 spiro atoms. The molecule has 1 aliphatic heterocycles. The summed E-state index contributed by atoms with van der Waals surface area (Å²) in [7, 11) is 1.75. The van der Waals surface area contributed by atoms with Gasteiger partial charge in [0, 0.05) is 50.5 Å².